The van der Waals surface area contributed by atoms with Crippen LogP contribution < -0.4 is 24.4 Å². The van der Waals surface area contributed by atoms with E-state index in [0.717, 1.165) is 11.3 Å². The van der Waals surface area contributed by atoms with Crippen LogP contribution in [0.2, 0.25) is 5.02 Å². The van der Waals surface area contributed by atoms with Crippen molar-refractivity contribution in [1.82, 2.24) is 4.57 Å². The van der Waals surface area contributed by atoms with Crippen LogP contribution in [0.5, 0.6) is 11.5 Å². The van der Waals surface area contributed by atoms with Crippen molar-refractivity contribution < 1.29 is 33.3 Å². The lowest BCUT2D eigenvalue weighted by atomic mass is 9.97. The first kappa shape index (κ1) is 28.9. The predicted octanol–water partition coefficient (Wildman–Crippen LogP) is 4.43. The minimum atomic E-state index is -1.16. The molecule has 42 heavy (non-hydrogen) atoms. The van der Waals surface area contributed by atoms with E-state index in [2.05, 4.69) is 4.99 Å². The van der Waals surface area contributed by atoms with Crippen molar-refractivity contribution >= 4 is 41.0 Å². The zero-order valence-electron chi connectivity index (χ0n) is 22.8. The van der Waals surface area contributed by atoms with Gasteiger partial charge in [0.1, 0.15) is 11.5 Å². The van der Waals surface area contributed by atoms with Gasteiger partial charge in [-0.15, -0.1) is 0 Å². The highest BCUT2D eigenvalue weighted by atomic mass is 35.5. The van der Waals surface area contributed by atoms with E-state index in [9.17, 15) is 19.5 Å². The van der Waals surface area contributed by atoms with Crippen LogP contribution in [-0.4, -0.2) is 41.9 Å². The molecule has 0 saturated heterocycles. The second-order valence-corrected chi connectivity index (χ2v) is 10.4. The number of carboxylic acid groups (broad SMARTS) is 1. The summed E-state index contributed by atoms with van der Waals surface area (Å²) in [5, 5.41) is 9.50. The Kier molecular flexibility index (Phi) is 8.32. The van der Waals surface area contributed by atoms with Crippen molar-refractivity contribution in [3.8, 4) is 22.8 Å². The van der Waals surface area contributed by atoms with Crippen LogP contribution in [0.25, 0.3) is 17.4 Å². The second-order valence-electron chi connectivity index (χ2n) is 8.95. The molecule has 0 unspecified atom stereocenters. The number of thiazole rings is 1. The smallest absolute Gasteiger partial charge is 0.337 e. The summed E-state index contributed by atoms with van der Waals surface area (Å²) < 4.78 is 24.2. The van der Waals surface area contributed by atoms with Crippen LogP contribution in [0.1, 0.15) is 41.6 Å². The number of carbonyl (C=O) groups is 2. The van der Waals surface area contributed by atoms with E-state index in [1.54, 1.807) is 42.5 Å². The highest BCUT2D eigenvalue weighted by molar-refractivity contribution is 7.07. The minimum absolute atomic E-state index is 0.0522. The molecule has 0 bridgehead atoms. The molecular formula is C30H25ClN2O8S. The largest absolute Gasteiger partial charge is 0.490 e. The third kappa shape index (κ3) is 5.48. The Morgan fingerprint density at radius 3 is 2.57 bits per heavy atom. The maximum absolute atomic E-state index is 13.8. The lowest BCUT2D eigenvalue weighted by molar-refractivity contribution is -0.136. The molecule has 1 N–H and O–H groups in total. The average Bonchev–Trinajstić information content (AvgIpc) is 3.58. The number of nitrogens with zero attached hydrogens (tertiary/aromatic N) is 2. The molecule has 2 aromatic carbocycles. The van der Waals surface area contributed by atoms with Crippen LogP contribution in [0.3, 0.4) is 0 Å². The summed E-state index contributed by atoms with van der Waals surface area (Å²) in [5.41, 5.74) is 0.867. The fourth-order valence-corrected chi connectivity index (χ4v) is 5.69. The average molecular weight is 609 g/mol. The molecule has 0 amide bonds. The van der Waals surface area contributed by atoms with Gasteiger partial charge in [-0.3, -0.25) is 9.36 Å². The van der Waals surface area contributed by atoms with Gasteiger partial charge in [-0.25, -0.2) is 14.6 Å². The molecule has 0 radical (unpaired) electrons. The van der Waals surface area contributed by atoms with Crippen molar-refractivity contribution in [3.63, 3.8) is 0 Å². The first-order valence-electron chi connectivity index (χ1n) is 12.9. The topological polar surface area (TPSA) is 130 Å². The number of esters is 1. The van der Waals surface area contributed by atoms with Crippen LogP contribution >= 0.6 is 22.9 Å². The standard InChI is InChI=1S/C30H25ClN2O8S/c1-4-39-23-10-7-17(13-24(23)40-5-2)26-20(29(37)38-3)15-32-30-33(26)27(34)25(42-30)14-18-8-11-22(41-18)16-6-9-21(31)19(12-16)28(35)36/h6-15,26H,4-5H2,1-3H3,(H,35,36)/b25-14+/t26-/m0/s1. The Bertz CT molecular complexity index is 1900. The Balaban J connectivity index is 1.59. The van der Waals surface area contributed by atoms with Crippen molar-refractivity contribution in [2.24, 2.45) is 4.99 Å². The Morgan fingerprint density at radius 1 is 1.10 bits per heavy atom. The van der Waals surface area contributed by atoms with Gasteiger partial charge in [0.05, 0.1) is 47.1 Å². The highest BCUT2D eigenvalue weighted by Crippen LogP contribution is 2.35. The number of fused-ring (bicyclic) bond motifs is 1. The minimum Gasteiger partial charge on any atom is -0.490 e. The van der Waals surface area contributed by atoms with Gasteiger partial charge in [0.15, 0.2) is 16.3 Å². The van der Waals surface area contributed by atoms with Gasteiger partial charge in [0.25, 0.3) is 5.56 Å². The summed E-state index contributed by atoms with van der Waals surface area (Å²) in [6, 6.07) is 12.3. The van der Waals surface area contributed by atoms with Crippen molar-refractivity contribution in [1.29, 1.82) is 0 Å². The molecule has 4 aromatic rings. The molecule has 0 fully saturated rings. The monoisotopic (exact) mass is 608 g/mol. The number of ether oxygens (including phenoxy) is 3. The summed E-state index contributed by atoms with van der Waals surface area (Å²) in [6.07, 6.45) is 2.98. The van der Waals surface area contributed by atoms with Crippen LogP contribution in [0, 0.1) is 0 Å². The molecule has 216 valence electrons. The van der Waals surface area contributed by atoms with E-state index in [0.29, 0.717) is 56.7 Å². The van der Waals surface area contributed by atoms with E-state index in [-0.39, 0.29) is 21.7 Å². The van der Waals surface area contributed by atoms with E-state index in [1.165, 1.54) is 30.0 Å². The number of methoxy groups -OCH3 is 1. The van der Waals surface area contributed by atoms with Gasteiger partial charge in [0.2, 0.25) is 0 Å². The fraction of sp³-hybridized carbons (Fsp3) is 0.200. The number of rotatable bonds is 9. The number of furan rings is 1. The first-order chi connectivity index (χ1) is 20.2. The van der Waals surface area contributed by atoms with Gasteiger partial charge >= 0.3 is 11.9 Å². The summed E-state index contributed by atoms with van der Waals surface area (Å²) in [5.74, 6) is 0.0173. The fourth-order valence-electron chi connectivity index (χ4n) is 4.54. The number of aromatic nitrogens is 1. The number of halogens is 1. The van der Waals surface area contributed by atoms with Crippen molar-refractivity contribution in [2.45, 2.75) is 19.9 Å². The van der Waals surface area contributed by atoms with E-state index in [4.69, 9.17) is 30.2 Å². The molecule has 0 aliphatic carbocycles. The molecule has 10 nitrogen and oxygen atoms in total. The maximum Gasteiger partial charge on any atom is 0.337 e. The molecule has 2 aromatic heterocycles. The molecule has 0 spiro atoms. The number of hydrogen-bond donors (Lipinski definition) is 1. The van der Waals surface area contributed by atoms with Crippen molar-refractivity contribution in [3.05, 3.63) is 102 Å². The predicted molar refractivity (Wildman–Crippen MR) is 156 cm³/mol. The number of hydrogen-bond acceptors (Lipinski definition) is 9. The van der Waals surface area contributed by atoms with Gasteiger partial charge in [-0.2, -0.15) is 0 Å². The SMILES string of the molecule is CCOc1ccc([C@H]2C(C(=O)OC)=CN=c3s/c(=C/c4ccc(-c5ccc(Cl)c(C(=O)O)c5)o4)c(=O)n32)cc1OCC. The van der Waals surface area contributed by atoms with Crippen LogP contribution in [0.15, 0.2) is 74.5 Å². The van der Waals surface area contributed by atoms with Gasteiger partial charge in [-0.05, 0) is 61.9 Å². The molecule has 1 aliphatic rings. The molecule has 1 aliphatic heterocycles. The molecule has 1 atom stereocenters. The Morgan fingerprint density at radius 2 is 1.86 bits per heavy atom. The summed E-state index contributed by atoms with van der Waals surface area (Å²) in [7, 11) is 1.27. The zero-order chi connectivity index (χ0) is 30.0. The molecular weight excluding hydrogens is 584 g/mol. The zero-order valence-corrected chi connectivity index (χ0v) is 24.3. The highest BCUT2D eigenvalue weighted by Gasteiger charge is 2.31. The molecule has 5 rings (SSSR count). The van der Waals surface area contributed by atoms with E-state index >= 15 is 0 Å². The summed E-state index contributed by atoms with van der Waals surface area (Å²) >= 11 is 7.13. The number of benzene rings is 2. The third-order valence-corrected chi connectivity index (χ3v) is 7.72. The normalized spacial score (nSPS) is 14.5. The van der Waals surface area contributed by atoms with Crippen molar-refractivity contribution in [2.75, 3.05) is 20.3 Å². The van der Waals surface area contributed by atoms with Gasteiger partial charge < -0.3 is 23.7 Å². The first-order valence-corrected chi connectivity index (χ1v) is 14.1. The van der Waals surface area contributed by atoms with Crippen LogP contribution in [0.4, 0.5) is 0 Å². The number of carboxylic acids is 1. The third-order valence-electron chi connectivity index (χ3n) is 6.39. The van der Waals surface area contributed by atoms with Gasteiger partial charge in [0, 0.05) is 17.8 Å². The van der Waals surface area contributed by atoms with E-state index < -0.39 is 18.0 Å². The lowest BCUT2D eigenvalue weighted by Gasteiger charge is -2.23. The number of carbonyl (C=O) groups excluding carboxylic acids is 1. The van der Waals surface area contributed by atoms with Crippen LogP contribution in [-0.2, 0) is 9.53 Å². The van der Waals surface area contributed by atoms with E-state index in [1.807, 2.05) is 13.8 Å². The summed E-state index contributed by atoms with van der Waals surface area (Å²) in [4.78, 5) is 42.8. The lowest BCUT2D eigenvalue weighted by Crippen LogP contribution is -2.39. The molecule has 0 saturated carbocycles. The Hall–Kier alpha value is -4.61. The Labute approximate surface area is 248 Å². The quantitative estimate of drug-likeness (QED) is 0.276. The molecule has 12 heteroatoms. The molecule has 3 heterocycles. The van der Waals surface area contributed by atoms with Gasteiger partial charge in [-0.1, -0.05) is 29.0 Å². The summed E-state index contributed by atoms with van der Waals surface area (Å²) in [6.45, 7) is 4.55. The maximum atomic E-state index is 13.8. The second kappa shape index (κ2) is 12.1. The number of aromatic carboxylic acids is 1.